The quantitative estimate of drug-likeness (QED) is 0.811. The van der Waals surface area contributed by atoms with Crippen molar-refractivity contribution in [1.29, 1.82) is 0 Å². The summed E-state index contributed by atoms with van der Waals surface area (Å²) in [6.45, 7) is 13.7. The molecule has 104 valence electrons. The van der Waals surface area contributed by atoms with Crippen molar-refractivity contribution in [2.24, 2.45) is 4.99 Å². The minimum absolute atomic E-state index is 0.119. The third-order valence-corrected chi connectivity index (χ3v) is 2.73. The monoisotopic (exact) mass is 260 g/mol. The molecule has 0 saturated carbocycles. The number of amides is 1. The molecule has 3 heteroatoms. The summed E-state index contributed by atoms with van der Waals surface area (Å²) < 4.78 is 0. The Hall–Kier alpha value is -1.64. The molecule has 0 aliphatic rings. The third kappa shape index (κ3) is 4.51. The lowest BCUT2D eigenvalue weighted by atomic mass is 10.1. The number of benzene rings is 1. The maximum atomic E-state index is 12.0. The molecule has 0 unspecified atom stereocenters. The highest BCUT2D eigenvalue weighted by Crippen LogP contribution is 2.25. The lowest BCUT2D eigenvalue weighted by molar-refractivity contribution is -0.116. The summed E-state index contributed by atoms with van der Waals surface area (Å²) in [5.41, 5.74) is 4.55. The van der Waals surface area contributed by atoms with Gasteiger partial charge in [-0.2, -0.15) is 0 Å². The van der Waals surface area contributed by atoms with Gasteiger partial charge in [-0.3, -0.25) is 4.79 Å². The zero-order valence-electron chi connectivity index (χ0n) is 13.0. The van der Waals surface area contributed by atoms with Crippen molar-refractivity contribution < 1.29 is 4.79 Å². The molecule has 0 aliphatic heterocycles. The summed E-state index contributed by atoms with van der Waals surface area (Å²) in [6.07, 6.45) is 0. The van der Waals surface area contributed by atoms with Crippen LogP contribution in [0.15, 0.2) is 17.1 Å². The van der Waals surface area contributed by atoms with E-state index in [1.807, 2.05) is 34.6 Å². The third-order valence-electron chi connectivity index (χ3n) is 2.73. The van der Waals surface area contributed by atoms with Crippen LogP contribution in [0.2, 0.25) is 0 Å². The summed E-state index contributed by atoms with van der Waals surface area (Å²) in [7, 11) is 0. The summed E-state index contributed by atoms with van der Waals surface area (Å²) in [6, 6.07) is 4.17. The van der Waals surface area contributed by atoms with Crippen molar-refractivity contribution in [2.75, 3.05) is 0 Å². The Balaban J connectivity index is 3.06. The van der Waals surface area contributed by atoms with E-state index in [-0.39, 0.29) is 11.4 Å². The van der Waals surface area contributed by atoms with Gasteiger partial charge in [0.15, 0.2) is 0 Å². The SMILES string of the molecule is CC(=Nc1c(C)cc(C)cc1C)C(=O)NC(C)(C)C. The number of hydrogen-bond acceptors (Lipinski definition) is 2. The second-order valence-corrected chi connectivity index (χ2v) is 6.15. The van der Waals surface area contributed by atoms with E-state index in [9.17, 15) is 4.79 Å². The van der Waals surface area contributed by atoms with Crippen LogP contribution in [0.5, 0.6) is 0 Å². The first-order chi connectivity index (χ1) is 8.60. The van der Waals surface area contributed by atoms with Crippen molar-refractivity contribution in [3.63, 3.8) is 0 Å². The Morgan fingerprint density at radius 3 is 2.00 bits per heavy atom. The Labute approximate surface area is 116 Å². The van der Waals surface area contributed by atoms with Gasteiger partial charge < -0.3 is 5.32 Å². The van der Waals surface area contributed by atoms with Crippen LogP contribution in [-0.2, 0) is 4.79 Å². The molecule has 0 saturated heterocycles. The zero-order valence-corrected chi connectivity index (χ0v) is 13.0. The van der Waals surface area contributed by atoms with Crippen LogP contribution in [-0.4, -0.2) is 17.2 Å². The molecule has 1 aromatic carbocycles. The lowest BCUT2D eigenvalue weighted by Crippen LogP contribution is -2.43. The van der Waals surface area contributed by atoms with Gasteiger partial charge >= 0.3 is 0 Å². The number of carbonyl (C=O) groups is 1. The summed E-state index contributed by atoms with van der Waals surface area (Å²) in [5.74, 6) is -0.119. The van der Waals surface area contributed by atoms with E-state index in [1.54, 1.807) is 6.92 Å². The smallest absolute Gasteiger partial charge is 0.265 e. The lowest BCUT2D eigenvalue weighted by Gasteiger charge is -2.20. The number of nitrogens with zero attached hydrogens (tertiary/aromatic N) is 1. The van der Waals surface area contributed by atoms with E-state index in [2.05, 4.69) is 29.4 Å². The molecule has 0 aromatic heterocycles. The van der Waals surface area contributed by atoms with E-state index in [4.69, 9.17) is 0 Å². The van der Waals surface area contributed by atoms with E-state index in [1.165, 1.54) is 5.56 Å². The van der Waals surface area contributed by atoms with Gasteiger partial charge in [-0.1, -0.05) is 17.7 Å². The highest BCUT2D eigenvalue weighted by molar-refractivity contribution is 6.38. The van der Waals surface area contributed by atoms with Crippen LogP contribution in [0.25, 0.3) is 0 Å². The van der Waals surface area contributed by atoms with Crippen molar-refractivity contribution >= 4 is 17.3 Å². The predicted molar refractivity (Wildman–Crippen MR) is 81.3 cm³/mol. The summed E-state index contributed by atoms with van der Waals surface area (Å²) >= 11 is 0. The van der Waals surface area contributed by atoms with E-state index < -0.39 is 0 Å². The molecular weight excluding hydrogens is 236 g/mol. The molecule has 0 spiro atoms. The Kier molecular flexibility index (Phi) is 4.51. The average molecular weight is 260 g/mol. The predicted octanol–water partition coefficient (Wildman–Crippen LogP) is 3.62. The Bertz CT molecular complexity index is 499. The maximum Gasteiger partial charge on any atom is 0.265 e. The number of hydrogen-bond donors (Lipinski definition) is 1. The van der Waals surface area contributed by atoms with Gasteiger partial charge in [0.1, 0.15) is 5.71 Å². The molecule has 1 aromatic rings. The van der Waals surface area contributed by atoms with E-state index >= 15 is 0 Å². The highest BCUT2D eigenvalue weighted by atomic mass is 16.2. The summed E-state index contributed by atoms with van der Waals surface area (Å²) in [5, 5.41) is 2.92. The molecule has 1 amide bonds. The molecule has 3 nitrogen and oxygen atoms in total. The molecular formula is C16H24N2O. The fourth-order valence-electron chi connectivity index (χ4n) is 2.00. The van der Waals surface area contributed by atoms with Gasteiger partial charge in [0.05, 0.1) is 5.69 Å². The standard InChI is InChI=1S/C16H24N2O/c1-10-8-11(2)14(12(3)9-10)17-13(4)15(19)18-16(5,6)7/h8-9H,1-7H3,(H,18,19). The molecule has 1 N–H and O–H groups in total. The molecule has 0 radical (unpaired) electrons. The largest absolute Gasteiger partial charge is 0.346 e. The molecule has 0 fully saturated rings. The Morgan fingerprint density at radius 1 is 1.11 bits per heavy atom. The van der Waals surface area contributed by atoms with Crippen molar-refractivity contribution in [2.45, 2.75) is 54.0 Å². The van der Waals surface area contributed by atoms with Crippen LogP contribution < -0.4 is 5.32 Å². The minimum atomic E-state index is -0.245. The number of carbonyl (C=O) groups excluding carboxylic acids is 1. The fraction of sp³-hybridized carbons (Fsp3) is 0.500. The van der Waals surface area contributed by atoms with Crippen LogP contribution in [0.1, 0.15) is 44.4 Å². The first-order valence-electron chi connectivity index (χ1n) is 6.56. The highest BCUT2D eigenvalue weighted by Gasteiger charge is 2.16. The number of rotatable bonds is 2. The molecule has 0 aliphatic carbocycles. The molecule has 19 heavy (non-hydrogen) atoms. The van der Waals surface area contributed by atoms with Gasteiger partial charge in [-0.05, 0) is 59.6 Å². The normalized spacial score (nSPS) is 12.5. The van der Waals surface area contributed by atoms with E-state index in [0.29, 0.717) is 5.71 Å². The second-order valence-electron chi connectivity index (χ2n) is 6.15. The van der Waals surface area contributed by atoms with Crippen molar-refractivity contribution in [3.05, 3.63) is 28.8 Å². The number of aliphatic imine (C=N–C) groups is 1. The van der Waals surface area contributed by atoms with E-state index in [0.717, 1.165) is 16.8 Å². The molecule has 0 atom stereocenters. The molecule has 1 rings (SSSR count). The van der Waals surface area contributed by atoms with Gasteiger partial charge in [-0.15, -0.1) is 0 Å². The van der Waals surface area contributed by atoms with Crippen LogP contribution >= 0.6 is 0 Å². The second kappa shape index (κ2) is 5.55. The number of aryl methyl sites for hydroxylation is 3. The van der Waals surface area contributed by atoms with Gasteiger partial charge in [0.25, 0.3) is 5.91 Å². The van der Waals surface area contributed by atoms with Gasteiger partial charge in [-0.25, -0.2) is 4.99 Å². The topological polar surface area (TPSA) is 41.5 Å². The van der Waals surface area contributed by atoms with Crippen LogP contribution in [0.3, 0.4) is 0 Å². The first-order valence-corrected chi connectivity index (χ1v) is 6.56. The summed E-state index contributed by atoms with van der Waals surface area (Å²) in [4.78, 5) is 16.5. The molecule has 0 bridgehead atoms. The molecule has 0 heterocycles. The average Bonchev–Trinajstić information content (AvgIpc) is 2.20. The van der Waals surface area contributed by atoms with Crippen molar-refractivity contribution in [3.8, 4) is 0 Å². The zero-order chi connectivity index (χ0) is 14.8. The number of nitrogens with one attached hydrogen (secondary N) is 1. The van der Waals surface area contributed by atoms with Gasteiger partial charge in [0, 0.05) is 5.54 Å². The fourth-order valence-corrected chi connectivity index (χ4v) is 2.00. The Morgan fingerprint density at radius 2 is 1.58 bits per heavy atom. The van der Waals surface area contributed by atoms with Crippen molar-refractivity contribution in [1.82, 2.24) is 5.32 Å². The first kappa shape index (κ1) is 15.4. The maximum absolute atomic E-state index is 12.0. The van der Waals surface area contributed by atoms with Crippen LogP contribution in [0, 0.1) is 20.8 Å². The van der Waals surface area contributed by atoms with Crippen LogP contribution in [0.4, 0.5) is 5.69 Å². The van der Waals surface area contributed by atoms with Gasteiger partial charge in [0.2, 0.25) is 0 Å². The minimum Gasteiger partial charge on any atom is -0.346 e.